The van der Waals surface area contributed by atoms with E-state index in [1.165, 1.54) is 0 Å². The molecule has 9 heteroatoms. The molecule has 108 valence electrons. The molecule has 0 saturated carbocycles. The first-order valence-electron chi connectivity index (χ1n) is 5.82. The molecular formula is C10H16N2O6S. The zero-order chi connectivity index (χ0) is 14.4. The molecule has 0 spiro atoms. The first kappa shape index (κ1) is 13.9. The van der Waals surface area contributed by atoms with Gasteiger partial charge < -0.3 is 15.1 Å². The van der Waals surface area contributed by atoms with Crippen LogP contribution in [-0.2, 0) is 9.84 Å². The molecule has 0 unspecified atom stereocenters. The van der Waals surface area contributed by atoms with Crippen LogP contribution in [0, 0.1) is 0 Å². The Bertz CT molecular complexity index is 518. The zero-order valence-corrected chi connectivity index (χ0v) is 11.3. The highest BCUT2D eigenvalue weighted by Crippen LogP contribution is 2.40. The number of nitrogens with zero attached hydrogens (tertiary/aromatic N) is 2. The average Bonchev–Trinajstić information content (AvgIpc) is 2.43. The molecule has 0 aliphatic carbocycles. The monoisotopic (exact) mass is 292 g/mol. The largest absolute Gasteiger partial charge is 0.465 e. The second-order valence-electron chi connectivity index (χ2n) is 5.30. The highest BCUT2D eigenvalue weighted by Gasteiger charge is 2.55. The van der Waals surface area contributed by atoms with E-state index in [0.29, 0.717) is 12.8 Å². The maximum absolute atomic E-state index is 11.5. The summed E-state index contributed by atoms with van der Waals surface area (Å²) >= 11 is 0. The van der Waals surface area contributed by atoms with Crippen LogP contribution in [0.3, 0.4) is 0 Å². The number of rotatable bonds is 2. The summed E-state index contributed by atoms with van der Waals surface area (Å²) in [6, 6.07) is -0.455. The molecule has 2 fully saturated rings. The second-order valence-corrected chi connectivity index (χ2v) is 7.44. The normalized spacial score (nSPS) is 30.5. The van der Waals surface area contributed by atoms with Gasteiger partial charge in [0, 0.05) is 19.3 Å². The smallest absolute Gasteiger partial charge is 0.408 e. The third kappa shape index (κ3) is 2.46. The fourth-order valence-corrected chi connectivity index (χ4v) is 4.61. The minimum atomic E-state index is -3.41. The minimum Gasteiger partial charge on any atom is -0.465 e. The maximum Gasteiger partial charge on any atom is 0.408 e. The Hall–Kier alpha value is -1.51. The number of amides is 2. The van der Waals surface area contributed by atoms with Crippen LogP contribution in [-0.4, -0.2) is 77.3 Å². The fraction of sp³-hybridized carbons (Fsp3) is 0.800. The molecule has 2 N–H and O–H groups in total. The van der Waals surface area contributed by atoms with Gasteiger partial charge in [0.1, 0.15) is 9.84 Å². The molecule has 2 aliphatic heterocycles. The number of sulfone groups is 1. The molecule has 0 aromatic rings. The zero-order valence-electron chi connectivity index (χ0n) is 10.4. The SMILES string of the molecule is CS(=O)(=O)C[C@@]12CC[C@@H](CN(C(=O)O)C1)N2C(=O)O. The lowest BCUT2D eigenvalue weighted by Crippen LogP contribution is -2.66. The Morgan fingerprint density at radius 1 is 1.32 bits per heavy atom. The van der Waals surface area contributed by atoms with E-state index in [1.807, 2.05) is 0 Å². The lowest BCUT2D eigenvalue weighted by atomic mass is 9.98. The van der Waals surface area contributed by atoms with Crippen LogP contribution >= 0.6 is 0 Å². The summed E-state index contributed by atoms with van der Waals surface area (Å²) in [4.78, 5) is 24.7. The summed E-state index contributed by atoms with van der Waals surface area (Å²) in [5.74, 6) is -0.341. The van der Waals surface area contributed by atoms with E-state index in [0.717, 1.165) is 16.1 Å². The standard InChI is InChI=1S/C10H16N2O6S/c1-19(17,18)6-10-3-2-7(12(10)9(15)16)4-11(5-10)8(13)14/h7H,2-6H2,1H3,(H,13,14)(H,15,16)/t7-,10+/m0/s1. The second kappa shape index (κ2) is 4.26. The Labute approximate surface area is 110 Å². The van der Waals surface area contributed by atoms with Crippen LogP contribution < -0.4 is 0 Å². The molecule has 2 heterocycles. The number of fused-ring (bicyclic) bond motifs is 2. The first-order valence-corrected chi connectivity index (χ1v) is 7.88. The van der Waals surface area contributed by atoms with Crippen LogP contribution in [0.5, 0.6) is 0 Å². The van der Waals surface area contributed by atoms with Gasteiger partial charge in [-0.25, -0.2) is 18.0 Å². The van der Waals surface area contributed by atoms with Crippen LogP contribution in [0.2, 0.25) is 0 Å². The highest BCUT2D eigenvalue weighted by atomic mass is 32.2. The third-order valence-electron chi connectivity index (χ3n) is 3.74. The number of hydrogen-bond donors (Lipinski definition) is 2. The third-order valence-corrected chi connectivity index (χ3v) is 4.80. The molecule has 2 atom stereocenters. The predicted octanol–water partition coefficient (Wildman–Crippen LogP) is -0.0942. The highest BCUT2D eigenvalue weighted by molar-refractivity contribution is 7.90. The van der Waals surface area contributed by atoms with Crippen molar-refractivity contribution in [3.63, 3.8) is 0 Å². The van der Waals surface area contributed by atoms with E-state index >= 15 is 0 Å². The molecular weight excluding hydrogens is 276 g/mol. The van der Waals surface area contributed by atoms with Crippen LogP contribution in [0.15, 0.2) is 0 Å². The Kier molecular flexibility index (Phi) is 3.12. The predicted molar refractivity (Wildman–Crippen MR) is 64.9 cm³/mol. The van der Waals surface area contributed by atoms with Gasteiger partial charge in [-0.3, -0.25) is 4.90 Å². The van der Waals surface area contributed by atoms with E-state index in [-0.39, 0.29) is 18.8 Å². The molecule has 2 saturated heterocycles. The number of carboxylic acid groups (broad SMARTS) is 2. The molecule has 19 heavy (non-hydrogen) atoms. The molecule has 0 aromatic heterocycles. The van der Waals surface area contributed by atoms with Crippen LogP contribution in [0.1, 0.15) is 12.8 Å². The minimum absolute atomic E-state index is 0.0851. The Balaban J connectivity index is 2.38. The van der Waals surface area contributed by atoms with Crippen molar-refractivity contribution in [2.24, 2.45) is 0 Å². The molecule has 0 radical (unpaired) electrons. The van der Waals surface area contributed by atoms with E-state index in [2.05, 4.69) is 0 Å². The van der Waals surface area contributed by atoms with Gasteiger partial charge in [-0.1, -0.05) is 0 Å². The lowest BCUT2D eigenvalue weighted by molar-refractivity contribution is 0.0226. The van der Waals surface area contributed by atoms with Gasteiger partial charge in [0.2, 0.25) is 0 Å². The van der Waals surface area contributed by atoms with Gasteiger partial charge in [-0.15, -0.1) is 0 Å². The van der Waals surface area contributed by atoms with Gasteiger partial charge >= 0.3 is 12.2 Å². The maximum atomic E-state index is 11.5. The summed E-state index contributed by atoms with van der Waals surface area (Å²) in [7, 11) is -3.41. The Morgan fingerprint density at radius 2 is 1.95 bits per heavy atom. The molecule has 8 nitrogen and oxygen atoms in total. The summed E-state index contributed by atoms with van der Waals surface area (Å²) in [6.45, 7) is 0.0192. The topological polar surface area (TPSA) is 115 Å². The van der Waals surface area contributed by atoms with Gasteiger partial charge in [-0.05, 0) is 12.8 Å². The van der Waals surface area contributed by atoms with E-state index in [9.17, 15) is 23.1 Å². The first-order chi connectivity index (χ1) is 8.65. The van der Waals surface area contributed by atoms with E-state index < -0.39 is 33.6 Å². The van der Waals surface area contributed by atoms with Gasteiger partial charge in [0.05, 0.1) is 17.3 Å². The van der Waals surface area contributed by atoms with E-state index in [1.54, 1.807) is 0 Å². The molecule has 2 aliphatic rings. The molecule has 2 rings (SSSR count). The van der Waals surface area contributed by atoms with Crippen molar-refractivity contribution in [3.05, 3.63) is 0 Å². The lowest BCUT2D eigenvalue weighted by Gasteiger charge is -2.46. The van der Waals surface area contributed by atoms with Crippen molar-refractivity contribution >= 4 is 22.0 Å². The quantitative estimate of drug-likeness (QED) is 0.734. The Morgan fingerprint density at radius 3 is 2.42 bits per heavy atom. The summed E-state index contributed by atoms with van der Waals surface area (Å²) < 4.78 is 23.1. The van der Waals surface area contributed by atoms with Crippen LogP contribution in [0.4, 0.5) is 9.59 Å². The van der Waals surface area contributed by atoms with Gasteiger partial charge in [-0.2, -0.15) is 0 Å². The van der Waals surface area contributed by atoms with Crippen molar-refractivity contribution < 1.29 is 28.2 Å². The van der Waals surface area contributed by atoms with Crippen molar-refractivity contribution in [1.29, 1.82) is 0 Å². The molecule has 2 amide bonds. The van der Waals surface area contributed by atoms with Gasteiger partial charge in [0.25, 0.3) is 0 Å². The van der Waals surface area contributed by atoms with E-state index in [4.69, 9.17) is 5.11 Å². The fourth-order valence-electron chi connectivity index (χ4n) is 3.25. The number of piperazine rings is 1. The number of likely N-dealkylation sites (tertiary alicyclic amines) is 1. The average molecular weight is 292 g/mol. The van der Waals surface area contributed by atoms with Crippen molar-refractivity contribution in [2.75, 3.05) is 25.1 Å². The summed E-state index contributed by atoms with van der Waals surface area (Å²) in [5, 5.41) is 18.3. The summed E-state index contributed by atoms with van der Waals surface area (Å²) in [6.07, 6.45) is -0.424. The van der Waals surface area contributed by atoms with Crippen molar-refractivity contribution in [2.45, 2.75) is 24.4 Å². The molecule has 2 bridgehead atoms. The summed E-state index contributed by atoms with van der Waals surface area (Å²) in [5.41, 5.74) is -1.14. The number of carbonyl (C=O) groups is 2. The van der Waals surface area contributed by atoms with Crippen molar-refractivity contribution in [1.82, 2.24) is 9.80 Å². The van der Waals surface area contributed by atoms with Gasteiger partial charge in [0.15, 0.2) is 0 Å². The molecule has 0 aromatic carbocycles. The van der Waals surface area contributed by atoms with Crippen molar-refractivity contribution in [3.8, 4) is 0 Å². The van der Waals surface area contributed by atoms with Crippen LogP contribution in [0.25, 0.3) is 0 Å². The number of hydrogen-bond acceptors (Lipinski definition) is 4.